The van der Waals surface area contributed by atoms with E-state index in [0.29, 0.717) is 26.1 Å². The van der Waals surface area contributed by atoms with Crippen molar-refractivity contribution in [3.63, 3.8) is 0 Å². The molecule has 1 rings (SSSR count). The highest BCUT2D eigenvalue weighted by molar-refractivity contribution is 5.81. The maximum atomic E-state index is 12.0. The minimum atomic E-state index is -0.985. The monoisotopic (exact) mass is 307 g/mol. The first-order valence-corrected chi connectivity index (χ1v) is 7.63. The van der Waals surface area contributed by atoms with E-state index in [1.54, 1.807) is 0 Å². The highest BCUT2D eigenvalue weighted by atomic mass is 16.5. The van der Waals surface area contributed by atoms with Gasteiger partial charge in [-0.25, -0.2) is 0 Å². The van der Waals surface area contributed by atoms with Gasteiger partial charge in [-0.3, -0.25) is 9.59 Å². The lowest BCUT2D eigenvalue weighted by atomic mass is 10.2. The molecular weight excluding hydrogens is 282 g/mol. The fourth-order valence-electron chi connectivity index (χ4n) is 2.11. The van der Waals surface area contributed by atoms with Gasteiger partial charge in [0.05, 0.1) is 6.61 Å². The Morgan fingerprint density at radius 3 is 2.45 bits per heavy atom. The minimum absolute atomic E-state index is 0.109. The highest BCUT2D eigenvalue weighted by Gasteiger charge is 2.18. The predicted octanol–water partition coefficient (Wildman–Crippen LogP) is 2.35. The van der Waals surface area contributed by atoms with E-state index in [4.69, 9.17) is 9.84 Å². The quantitative estimate of drug-likeness (QED) is 0.674. The molecule has 5 heteroatoms. The summed E-state index contributed by atoms with van der Waals surface area (Å²) in [6, 6.07) is 9.97. The van der Waals surface area contributed by atoms with Crippen LogP contribution in [0, 0.1) is 0 Å². The summed E-state index contributed by atoms with van der Waals surface area (Å²) in [5.74, 6) is -1.12. The van der Waals surface area contributed by atoms with Crippen LogP contribution in [0.5, 0.6) is 0 Å². The summed E-state index contributed by atoms with van der Waals surface area (Å²) in [5, 5.41) is 8.81. The maximum Gasteiger partial charge on any atom is 0.323 e. The second-order valence-electron chi connectivity index (χ2n) is 5.46. The number of amides is 1. The van der Waals surface area contributed by atoms with Gasteiger partial charge in [0, 0.05) is 19.1 Å². The molecule has 5 nitrogen and oxygen atoms in total. The van der Waals surface area contributed by atoms with Crippen LogP contribution < -0.4 is 0 Å². The molecule has 22 heavy (non-hydrogen) atoms. The summed E-state index contributed by atoms with van der Waals surface area (Å²) < 4.78 is 5.52. The fourth-order valence-corrected chi connectivity index (χ4v) is 2.11. The summed E-state index contributed by atoms with van der Waals surface area (Å²) in [4.78, 5) is 24.1. The zero-order valence-electron chi connectivity index (χ0n) is 13.3. The third-order valence-electron chi connectivity index (χ3n) is 3.31. The molecule has 0 saturated carbocycles. The van der Waals surface area contributed by atoms with Crippen molar-refractivity contribution < 1.29 is 19.4 Å². The van der Waals surface area contributed by atoms with Crippen molar-refractivity contribution in [1.29, 1.82) is 0 Å². The summed E-state index contributed by atoms with van der Waals surface area (Å²) in [5.41, 5.74) is 1.23. The number of carboxylic acid groups (broad SMARTS) is 1. The number of benzene rings is 1. The van der Waals surface area contributed by atoms with Crippen molar-refractivity contribution >= 4 is 11.9 Å². The summed E-state index contributed by atoms with van der Waals surface area (Å²) in [6.45, 7) is 4.53. The Bertz CT molecular complexity index is 459. The molecule has 0 aliphatic carbocycles. The van der Waals surface area contributed by atoms with Crippen LogP contribution in [-0.2, 0) is 20.7 Å². The lowest BCUT2D eigenvalue weighted by Crippen LogP contribution is -2.40. The smallest absolute Gasteiger partial charge is 0.323 e. The van der Waals surface area contributed by atoms with E-state index in [0.717, 1.165) is 6.42 Å². The van der Waals surface area contributed by atoms with Crippen LogP contribution in [0.15, 0.2) is 30.3 Å². The third kappa shape index (κ3) is 7.22. The molecule has 0 aromatic heterocycles. The number of ether oxygens (including phenoxy) is 1. The largest absolute Gasteiger partial charge is 0.480 e. The van der Waals surface area contributed by atoms with Crippen molar-refractivity contribution in [1.82, 2.24) is 4.90 Å². The average molecular weight is 307 g/mol. The van der Waals surface area contributed by atoms with Crippen LogP contribution in [0.3, 0.4) is 0 Å². The summed E-state index contributed by atoms with van der Waals surface area (Å²) in [7, 11) is 0. The molecule has 1 N–H and O–H groups in total. The zero-order chi connectivity index (χ0) is 16.4. The van der Waals surface area contributed by atoms with Crippen LogP contribution in [0.25, 0.3) is 0 Å². The van der Waals surface area contributed by atoms with E-state index in [-0.39, 0.29) is 18.5 Å². The molecule has 0 bridgehead atoms. The minimum Gasteiger partial charge on any atom is -0.480 e. The van der Waals surface area contributed by atoms with Gasteiger partial charge in [-0.1, -0.05) is 30.3 Å². The van der Waals surface area contributed by atoms with Crippen molar-refractivity contribution in [3.8, 4) is 0 Å². The normalized spacial score (nSPS) is 10.7. The van der Waals surface area contributed by atoms with Gasteiger partial charge in [-0.05, 0) is 32.3 Å². The van der Waals surface area contributed by atoms with Gasteiger partial charge < -0.3 is 14.7 Å². The lowest BCUT2D eigenvalue weighted by Gasteiger charge is -2.24. The molecule has 1 aromatic rings. The maximum absolute atomic E-state index is 12.0. The van der Waals surface area contributed by atoms with Crippen molar-refractivity contribution in [2.24, 2.45) is 0 Å². The number of carboxylic acids is 1. The van der Waals surface area contributed by atoms with Crippen LogP contribution >= 0.6 is 0 Å². The van der Waals surface area contributed by atoms with Gasteiger partial charge in [0.1, 0.15) is 6.54 Å². The molecule has 0 aliphatic heterocycles. The Morgan fingerprint density at radius 2 is 1.86 bits per heavy atom. The Labute approximate surface area is 131 Å². The van der Waals surface area contributed by atoms with Crippen molar-refractivity contribution in [2.45, 2.75) is 39.2 Å². The molecule has 0 aliphatic rings. The molecule has 0 radical (unpaired) electrons. The molecule has 0 fully saturated rings. The molecule has 1 amide bonds. The van der Waals surface area contributed by atoms with Gasteiger partial charge in [0.15, 0.2) is 0 Å². The first-order valence-electron chi connectivity index (χ1n) is 7.63. The van der Waals surface area contributed by atoms with Crippen LogP contribution in [0.1, 0.15) is 32.3 Å². The number of rotatable bonds is 10. The van der Waals surface area contributed by atoms with Gasteiger partial charge in [0.25, 0.3) is 0 Å². The van der Waals surface area contributed by atoms with Crippen molar-refractivity contribution in [2.75, 3.05) is 19.8 Å². The van der Waals surface area contributed by atoms with Crippen LogP contribution in [-0.4, -0.2) is 47.7 Å². The molecule has 0 atom stereocenters. The second-order valence-corrected chi connectivity index (χ2v) is 5.46. The topological polar surface area (TPSA) is 66.8 Å². The van der Waals surface area contributed by atoms with E-state index in [1.165, 1.54) is 10.5 Å². The SMILES string of the molecule is CC(C)N(CC(=O)O)C(=O)CCCOCCc1ccccc1. The van der Waals surface area contributed by atoms with Crippen LogP contribution in [0.4, 0.5) is 0 Å². The molecule has 0 unspecified atom stereocenters. The van der Waals surface area contributed by atoms with E-state index in [1.807, 2.05) is 32.0 Å². The first kappa shape index (κ1) is 18.2. The van der Waals surface area contributed by atoms with Gasteiger partial charge in [-0.2, -0.15) is 0 Å². The fraction of sp³-hybridized carbons (Fsp3) is 0.529. The van der Waals surface area contributed by atoms with Gasteiger partial charge in [0.2, 0.25) is 5.91 Å². The molecule has 122 valence electrons. The van der Waals surface area contributed by atoms with Gasteiger partial charge >= 0.3 is 5.97 Å². The third-order valence-corrected chi connectivity index (χ3v) is 3.31. The Balaban J connectivity index is 2.17. The Morgan fingerprint density at radius 1 is 1.18 bits per heavy atom. The van der Waals surface area contributed by atoms with E-state index >= 15 is 0 Å². The van der Waals surface area contributed by atoms with Crippen LogP contribution in [0.2, 0.25) is 0 Å². The lowest BCUT2D eigenvalue weighted by molar-refractivity contribution is -0.145. The molecular formula is C17H25NO4. The van der Waals surface area contributed by atoms with E-state index < -0.39 is 5.97 Å². The Kier molecular flexibility index (Phi) is 8.22. The van der Waals surface area contributed by atoms with Crippen molar-refractivity contribution in [3.05, 3.63) is 35.9 Å². The predicted molar refractivity (Wildman–Crippen MR) is 84.7 cm³/mol. The molecule has 0 spiro atoms. The zero-order valence-corrected chi connectivity index (χ0v) is 13.3. The van der Waals surface area contributed by atoms with Gasteiger partial charge in [-0.15, -0.1) is 0 Å². The highest BCUT2D eigenvalue weighted by Crippen LogP contribution is 2.05. The molecule has 0 saturated heterocycles. The van der Waals surface area contributed by atoms with E-state index in [9.17, 15) is 9.59 Å². The summed E-state index contributed by atoms with van der Waals surface area (Å²) in [6.07, 6.45) is 1.78. The van der Waals surface area contributed by atoms with E-state index in [2.05, 4.69) is 12.1 Å². The summed E-state index contributed by atoms with van der Waals surface area (Å²) >= 11 is 0. The standard InChI is InChI=1S/C17H25NO4/c1-14(2)18(13-17(20)21)16(19)9-6-11-22-12-10-15-7-4-3-5-8-15/h3-5,7-8,14H,6,9-13H2,1-2H3,(H,20,21). The molecule has 0 heterocycles. The molecule has 1 aromatic carbocycles. The number of hydrogen-bond donors (Lipinski definition) is 1. The number of aliphatic carboxylic acids is 1. The number of carbonyl (C=O) groups is 2. The average Bonchev–Trinajstić information content (AvgIpc) is 2.48. The number of hydrogen-bond acceptors (Lipinski definition) is 3. The number of nitrogens with zero attached hydrogens (tertiary/aromatic N) is 1. The first-order chi connectivity index (χ1) is 10.5. The Hall–Kier alpha value is -1.88. The number of carbonyl (C=O) groups excluding carboxylic acids is 1. The second kappa shape index (κ2) is 9.95.